The number of unbranched alkanes of at least 4 members (excludes halogenated alkanes) is 7. The van der Waals surface area contributed by atoms with Gasteiger partial charge in [0.2, 0.25) is 0 Å². The van der Waals surface area contributed by atoms with Crippen molar-refractivity contribution in [2.75, 3.05) is 0 Å². The Morgan fingerprint density at radius 1 is 0.833 bits per heavy atom. The third kappa shape index (κ3) is 9.55. The predicted molar refractivity (Wildman–Crippen MR) is 71.7 cm³/mol. The van der Waals surface area contributed by atoms with Crippen LogP contribution in [0.2, 0.25) is 0 Å². The van der Waals surface area contributed by atoms with E-state index in [9.17, 15) is 13.2 Å². The van der Waals surface area contributed by atoms with Crippen molar-refractivity contribution in [1.82, 2.24) is 0 Å². The van der Waals surface area contributed by atoms with Crippen molar-refractivity contribution < 1.29 is 13.2 Å². The van der Waals surface area contributed by atoms with E-state index in [-0.39, 0.29) is 12.0 Å². The SMILES string of the molecule is CC/C=C(\CCCCCCCCCC)C(F)(F)F. The van der Waals surface area contributed by atoms with E-state index >= 15 is 0 Å². The van der Waals surface area contributed by atoms with Crippen molar-refractivity contribution in [3.05, 3.63) is 11.6 Å². The molecule has 0 saturated heterocycles. The first-order chi connectivity index (χ1) is 8.52. The van der Waals surface area contributed by atoms with Gasteiger partial charge < -0.3 is 0 Å². The van der Waals surface area contributed by atoms with Crippen LogP contribution < -0.4 is 0 Å². The summed E-state index contributed by atoms with van der Waals surface area (Å²) in [6, 6.07) is 0. The van der Waals surface area contributed by atoms with Gasteiger partial charge in [-0.2, -0.15) is 13.2 Å². The van der Waals surface area contributed by atoms with E-state index in [2.05, 4.69) is 6.92 Å². The average molecular weight is 264 g/mol. The van der Waals surface area contributed by atoms with Gasteiger partial charge in [0, 0.05) is 5.57 Å². The van der Waals surface area contributed by atoms with Crippen molar-refractivity contribution in [3.63, 3.8) is 0 Å². The van der Waals surface area contributed by atoms with Crippen LogP contribution >= 0.6 is 0 Å². The van der Waals surface area contributed by atoms with Crippen molar-refractivity contribution in [3.8, 4) is 0 Å². The van der Waals surface area contributed by atoms with E-state index in [1.165, 1.54) is 38.2 Å². The van der Waals surface area contributed by atoms with Crippen molar-refractivity contribution in [2.45, 2.75) is 84.2 Å². The van der Waals surface area contributed by atoms with Gasteiger partial charge in [-0.15, -0.1) is 0 Å². The molecule has 0 N–H and O–H groups in total. The topological polar surface area (TPSA) is 0 Å². The molecule has 0 fully saturated rings. The highest BCUT2D eigenvalue weighted by Gasteiger charge is 2.32. The molecule has 0 amide bonds. The summed E-state index contributed by atoms with van der Waals surface area (Å²) in [6.45, 7) is 3.93. The summed E-state index contributed by atoms with van der Waals surface area (Å²) in [5, 5.41) is 0. The summed E-state index contributed by atoms with van der Waals surface area (Å²) in [5.41, 5.74) is -0.337. The Bertz CT molecular complexity index is 216. The molecule has 0 aliphatic carbocycles. The van der Waals surface area contributed by atoms with E-state index < -0.39 is 6.18 Å². The van der Waals surface area contributed by atoms with Gasteiger partial charge in [-0.25, -0.2) is 0 Å². The third-order valence-electron chi connectivity index (χ3n) is 3.11. The highest BCUT2D eigenvalue weighted by molar-refractivity contribution is 5.08. The van der Waals surface area contributed by atoms with Crippen LogP contribution in [0.4, 0.5) is 13.2 Å². The summed E-state index contributed by atoms with van der Waals surface area (Å²) in [5.74, 6) is 0. The molecule has 0 heterocycles. The molecular weight excluding hydrogens is 237 g/mol. The van der Waals surface area contributed by atoms with Crippen molar-refractivity contribution in [1.29, 1.82) is 0 Å². The van der Waals surface area contributed by atoms with Crippen LogP contribution in [0.5, 0.6) is 0 Å². The largest absolute Gasteiger partial charge is 0.412 e. The number of rotatable bonds is 10. The Morgan fingerprint density at radius 2 is 1.33 bits per heavy atom. The minimum Gasteiger partial charge on any atom is -0.166 e. The van der Waals surface area contributed by atoms with Gasteiger partial charge in [-0.1, -0.05) is 64.9 Å². The summed E-state index contributed by atoms with van der Waals surface area (Å²) >= 11 is 0. The fourth-order valence-electron chi connectivity index (χ4n) is 2.06. The zero-order valence-electron chi connectivity index (χ0n) is 11.8. The Balaban J connectivity index is 3.60. The number of alkyl halides is 3. The first-order valence-corrected chi connectivity index (χ1v) is 7.28. The molecule has 0 aromatic heterocycles. The molecule has 0 saturated carbocycles. The van der Waals surface area contributed by atoms with Crippen LogP contribution in [0.15, 0.2) is 11.6 Å². The highest BCUT2D eigenvalue weighted by atomic mass is 19.4. The van der Waals surface area contributed by atoms with Gasteiger partial charge in [0.15, 0.2) is 0 Å². The minimum absolute atomic E-state index is 0.187. The lowest BCUT2D eigenvalue weighted by molar-refractivity contribution is -0.0944. The molecule has 0 nitrogen and oxygen atoms in total. The van der Waals surface area contributed by atoms with E-state index in [0.29, 0.717) is 12.8 Å². The molecule has 0 bridgehead atoms. The van der Waals surface area contributed by atoms with Crippen LogP contribution in [0.1, 0.15) is 78.1 Å². The summed E-state index contributed by atoms with van der Waals surface area (Å²) in [4.78, 5) is 0. The molecule has 0 unspecified atom stereocenters. The molecule has 0 spiro atoms. The highest BCUT2D eigenvalue weighted by Crippen LogP contribution is 2.30. The monoisotopic (exact) mass is 264 g/mol. The van der Waals surface area contributed by atoms with Crippen molar-refractivity contribution >= 4 is 0 Å². The molecule has 0 radical (unpaired) electrons. The second-order valence-electron chi connectivity index (χ2n) is 4.86. The molecule has 0 rings (SSSR count). The zero-order valence-corrected chi connectivity index (χ0v) is 11.8. The molecule has 0 aliphatic heterocycles. The quantitative estimate of drug-likeness (QED) is 0.315. The lowest BCUT2D eigenvalue weighted by Crippen LogP contribution is -2.11. The Hall–Kier alpha value is -0.470. The van der Waals surface area contributed by atoms with Crippen molar-refractivity contribution in [2.24, 2.45) is 0 Å². The Labute approximate surface area is 110 Å². The molecule has 18 heavy (non-hydrogen) atoms. The fraction of sp³-hybridized carbons (Fsp3) is 0.867. The van der Waals surface area contributed by atoms with E-state index in [1.54, 1.807) is 6.92 Å². The van der Waals surface area contributed by atoms with Crippen LogP contribution in [0.25, 0.3) is 0 Å². The summed E-state index contributed by atoms with van der Waals surface area (Å²) in [6.07, 6.45) is 6.66. The number of hydrogen-bond acceptors (Lipinski definition) is 0. The van der Waals surface area contributed by atoms with E-state index in [0.717, 1.165) is 12.8 Å². The number of hydrogen-bond donors (Lipinski definition) is 0. The lowest BCUT2D eigenvalue weighted by atomic mass is 10.0. The summed E-state index contributed by atoms with van der Waals surface area (Å²) < 4.78 is 37.7. The van der Waals surface area contributed by atoms with Gasteiger partial charge in [0.05, 0.1) is 0 Å². The molecule has 0 aromatic rings. The smallest absolute Gasteiger partial charge is 0.166 e. The molecule has 0 aliphatic rings. The van der Waals surface area contributed by atoms with Gasteiger partial charge in [-0.05, 0) is 19.3 Å². The maximum atomic E-state index is 12.6. The van der Waals surface area contributed by atoms with Crippen LogP contribution in [-0.4, -0.2) is 6.18 Å². The van der Waals surface area contributed by atoms with E-state index in [1.807, 2.05) is 0 Å². The second kappa shape index (κ2) is 10.5. The number of allylic oxidation sites excluding steroid dienone is 2. The lowest BCUT2D eigenvalue weighted by Gasteiger charge is -2.11. The van der Waals surface area contributed by atoms with Crippen LogP contribution in [0.3, 0.4) is 0 Å². The predicted octanol–water partition coefficient (Wildman–Crippen LogP) is 6.42. The minimum atomic E-state index is -4.13. The molecule has 108 valence electrons. The maximum absolute atomic E-state index is 12.6. The second-order valence-corrected chi connectivity index (χ2v) is 4.86. The van der Waals surface area contributed by atoms with Crippen LogP contribution in [-0.2, 0) is 0 Å². The van der Waals surface area contributed by atoms with Gasteiger partial charge in [0.25, 0.3) is 0 Å². The number of halogens is 3. The molecule has 3 heteroatoms. The normalized spacial score (nSPS) is 13.1. The first-order valence-electron chi connectivity index (χ1n) is 7.28. The third-order valence-corrected chi connectivity index (χ3v) is 3.11. The first kappa shape index (κ1) is 17.5. The molecule has 0 atom stereocenters. The molecule has 0 aromatic carbocycles. The standard InChI is InChI=1S/C15H27F3/c1-3-5-6-7-8-9-10-11-13-14(12-4-2)15(16,17)18/h12H,3-11,13H2,1-2H3/b14-12+. The molecular formula is C15H27F3. The van der Waals surface area contributed by atoms with Gasteiger partial charge >= 0.3 is 6.18 Å². The zero-order chi connectivity index (χ0) is 13.9. The Morgan fingerprint density at radius 3 is 1.78 bits per heavy atom. The van der Waals surface area contributed by atoms with Gasteiger partial charge in [0.1, 0.15) is 0 Å². The van der Waals surface area contributed by atoms with Crippen LogP contribution in [0, 0.1) is 0 Å². The summed E-state index contributed by atoms with van der Waals surface area (Å²) in [7, 11) is 0. The average Bonchev–Trinajstić information content (AvgIpc) is 2.30. The fourth-order valence-corrected chi connectivity index (χ4v) is 2.06. The van der Waals surface area contributed by atoms with E-state index in [4.69, 9.17) is 0 Å². The van der Waals surface area contributed by atoms with Gasteiger partial charge in [-0.3, -0.25) is 0 Å². The Kier molecular flexibility index (Phi) is 10.2. The maximum Gasteiger partial charge on any atom is 0.412 e.